The smallest absolute Gasteiger partial charge is 0.264 e. The fourth-order valence-corrected chi connectivity index (χ4v) is 5.59. The summed E-state index contributed by atoms with van der Waals surface area (Å²) in [5, 5.41) is 3.80. The van der Waals surface area contributed by atoms with Gasteiger partial charge in [-0.15, -0.1) is 0 Å². The first-order chi connectivity index (χ1) is 19.6. The number of nitrogens with one attached hydrogen (secondary N) is 1. The van der Waals surface area contributed by atoms with Crippen molar-refractivity contribution in [3.05, 3.63) is 107 Å². The van der Waals surface area contributed by atoms with Gasteiger partial charge in [0.15, 0.2) is 0 Å². The maximum Gasteiger partial charge on any atom is 0.264 e. The number of aryl methyl sites for hydroxylation is 1. The van der Waals surface area contributed by atoms with E-state index < -0.39 is 33.1 Å². The third-order valence-corrected chi connectivity index (χ3v) is 7.96. The number of benzene rings is 3. The average Bonchev–Trinajstić information content (AvgIpc) is 3.59. The number of aromatic nitrogens is 2. The number of carbonyl (C=O) groups is 1. The number of oxazole rings is 1. The zero-order valence-corrected chi connectivity index (χ0v) is 23.0. The topological polar surface area (TPSA) is 119 Å². The highest BCUT2D eigenvalue weighted by molar-refractivity contribution is 7.92. The van der Waals surface area contributed by atoms with Crippen LogP contribution in [0.2, 0.25) is 0 Å². The van der Waals surface area contributed by atoms with Gasteiger partial charge in [-0.3, -0.25) is 4.79 Å². The van der Waals surface area contributed by atoms with E-state index in [1.54, 1.807) is 50.2 Å². The minimum absolute atomic E-state index is 0.00554. The molecular formula is C29H24F2N4O5S. The summed E-state index contributed by atoms with van der Waals surface area (Å²) in [6, 6.07) is 14.5. The molecule has 9 nitrogen and oxygen atoms in total. The first kappa shape index (κ1) is 27.7. The van der Waals surface area contributed by atoms with Gasteiger partial charge < -0.3 is 13.8 Å². The van der Waals surface area contributed by atoms with Crippen LogP contribution in [0.5, 0.6) is 0 Å². The van der Waals surface area contributed by atoms with Gasteiger partial charge in [0.25, 0.3) is 15.9 Å². The zero-order chi connectivity index (χ0) is 29.3. The van der Waals surface area contributed by atoms with Crippen LogP contribution < -0.4 is 4.72 Å². The van der Waals surface area contributed by atoms with E-state index in [-0.39, 0.29) is 17.3 Å². The van der Waals surface area contributed by atoms with Gasteiger partial charge >= 0.3 is 0 Å². The van der Waals surface area contributed by atoms with Crippen molar-refractivity contribution in [1.82, 2.24) is 15.0 Å². The largest absolute Gasteiger partial charge is 0.445 e. The normalized spacial score (nSPS) is 11.4. The van der Waals surface area contributed by atoms with Crippen LogP contribution in [-0.4, -0.2) is 36.4 Å². The molecule has 2 heterocycles. The summed E-state index contributed by atoms with van der Waals surface area (Å²) in [4.78, 5) is 18.4. The molecule has 0 aliphatic carbocycles. The van der Waals surface area contributed by atoms with Crippen LogP contribution in [-0.2, 0) is 16.6 Å². The summed E-state index contributed by atoms with van der Waals surface area (Å²) in [7, 11) is -2.77. The summed E-state index contributed by atoms with van der Waals surface area (Å²) in [6.07, 6.45) is 2.88. The van der Waals surface area contributed by atoms with E-state index in [0.717, 1.165) is 17.0 Å². The van der Waals surface area contributed by atoms with E-state index in [4.69, 9.17) is 8.94 Å². The van der Waals surface area contributed by atoms with Gasteiger partial charge in [0.05, 0.1) is 16.8 Å². The lowest BCUT2D eigenvalue weighted by molar-refractivity contribution is 0.0775. The lowest BCUT2D eigenvalue weighted by Crippen LogP contribution is -2.28. The average molecular weight is 579 g/mol. The van der Waals surface area contributed by atoms with Crippen molar-refractivity contribution in [2.45, 2.75) is 25.3 Å². The first-order valence-corrected chi connectivity index (χ1v) is 13.8. The van der Waals surface area contributed by atoms with Gasteiger partial charge in [0.2, 0.25) is 11.8 Å². The maximum atomic E-state index is 14.4. The highest BCUT2D eigenvalue weighted by atomic mass is 32.2. The van der Waals surface area contributed by atoms with Gasteiger partial charge in [-0.2, -0.15) is 0 Å². The summed E-state index contributed by atoms with van der Waals surface area (Å²) >= 11 is 0. The molecule has 1 N–H and O–H groups in total. The Labute approximate surface area is 234 Å². The number of sulfonamides is 1. The van der Waals surface area contributed by atoms with Crippen molar-refractivity contribution in [2.75, 3.05) is 11.8 Å². The molecule has 0 bridgehead atoms. The molecule has 0 unspecified atom stereocenters. The number of nitrogens with zero attached hydrogens (tertiary/aromatic N) is 3. The van der Waals surface area contributed by atoms with Crippen molar-refractivity contribution in [3.63, 3.8) is 0 Å². The standard InChI is InChI=1S/C29H24F2N4O5S/c1-17-18(2)33-40-27(17)34-41(37,38)25-10-5-4-7-22(25)21-12-11-19(28-32-13-14-39-28)15-20(21)16-35(3)29(36)26-23(30)8-6-9-24(26)31/h4-15,34H,16H2,1-3H3. The third-order valence-electron chi connectivity index (χ3n) is 6.57. The van der Waals surface area contributed by atoms with Gasteiger partial charge in [0, 0.05) is 30.3 Å². The molecule has 12 heteroatoms. The van der Waals surface area contributed by atoms with Crippen molar-refractivity contribution in [3.8, 4) is 22.6 Å². The molecule has 210 valence electrons. The molecule has 0 aliphatic heterocycles. The summed E-state index contributed by atoms with van der Waals surface area (Å²) in [5.74, 6) is -2.57. The highest BCUT2D eigenvalue weighted by Crippen LogP contribution is 2.35. The van der Waals surface area contributed by atoms with Crippen LogP contribution in [0.1, 0.15) is 27.2 Å². The molecule has 1 amide bonds. The molecule has 0 spiro atoms. The minimum Gasteiger partial charge on any atom is -0.445 e. The molecule has 5 rings (SSSR count). The van der Waals surface area contributed by atoms with Gasteiger partial charge in [0.1, 0.15) is 23.5 Å². The Morgan fingerprint density at radius 1 is 1.00 bits per heavy atom. The molecule has 3 aromatic carbocycles. The lowest BCUT2D eigenvalue weighted by atomic mass is 9.96. The zero-order valence-electron chi connectivity index (χ0n) is 22.2. The van der Waals surface area contributed by atoms with Crippen LogP contribution in [0.25, 0.3) is 22.6 Å². The summed E-state index contributed by atoms with van der Waals surface area (Å²) in [6.45, 7) is 3.25. The molecule has 2 aromatic heterocycles. The Morgan fingerprint density at radius 2 is 1.73 bits per heavy atom. The van der Waals surface area contributed by atoms with E-state index >= 15 is 0 Å². The molecule has 0 fully saturated rings. The molecule has 0 saturated carbocycles. The predicted octanol–water partition coefficient (Wildman–Crippen LogP) is 5.96. The number of amides is 1. The molecular weight excluding hydrogens is 554 g/mol. The van der Waals surface area contributed by atoms with Gasteiger partial charge in [-0.05, 0) is 55.3 Å². The third kappa shape index (κ3) is 5.46. The molecule has 0 atom stereocenters. The second-order valence-electron chi connectivity index (χ2n) is 9.29. The lowest BCUT2D eigenvalue weighted by Gasteiger charge is -2.21. The number of carbonyl (C=O) groups excluding carboxylic acids is 1. The van der Waals surface area contributed by atoms with E-state index in [9.17, 15) is 22.0 Å². The first-order valence-electron chi connectivity index (χ1n) is 12.3. The van der Waals surface area contributed by atoms with Crippen LogP contribution in [0, 0.1) is 25.5 Å². The number of anilines is 1. The number of hydrogen-bond donors (Lipinski definition) is 1. The van der Waals surface area contributed by atoms with Gasteiger partial charge in [-0.25, -0.2) is 26.9 Å². The fraction of sp³-hybridized carbons (Fsp3) is 0.138. The molecule has 5 aromatic rings. The Kier molecular flexibility index (Phi) is 7.41. The Hall–Kier alpha value is -4.84. The van der Waals surface area contributed by atoms with Crippen LogP contribution >= 0.6 is 0 Å². The predicted molar refractivity (Wildman–Crippen MR) is 146 cm³/mol. The summed E-state index contributed by atoms with van der Waals surface area (Å²) < 4.78 is 68.9. The van der Waals surface area contributed by atoms with Gasteiger partial charge in [-0.1, -0.05) is 35.5 Å². The quantitative estimate of drug-likeness (QED) is 0.241. The molecule has 41 heavy (non-hydrogen) atoms. The molecule has 0 radical (unpaired) electrons. The van der Waals surface area contributed by atoms with E-state index in [2.05, 4.69) is 14.9 Å². The minimum atomic E-state index is -4.16. The number of hydrogen-bond acceptors (Lipinski definition) is 7. The van der Waals surface area contributed by atoms with Crippen molar-refractivity contribution < 1.29 is 30.9 Å². The van der Waals surface area contributed by atoms with Crippen LogP contribution in [0.3, 0.4) is 0 Å². The SMILES string of the molecule is Cc1noc(NS(=O)(=O)c2ccccc2-c2ccc(-c3ncco3)cc2CN(C)C(=O)c2c(F)cccc2F)c1C. The Bertz CT molecular complexity index is 1830. The van der Waals surface area contributed by atoms with Crippen molar-refractivity contribution in [1.29, 1.82) is 0 Å². The van der Waals surface area contributed by atoms with Crippen LogP contribution in [0.15, 0.2) is 87.0 Å². The molecule has 0 saturated heterocycles. The van der Waals surface area contributed by atoms with Crippen LogP contribution in [0.4, 0.5) is 14.7 Å². The Morgan fingerprint density at radius 3 is 2.39 bits per heavy atom. The highest BCUT2D eigenvalue weighted by Gasteiger charge is 2.26. The van der Waals surface area contributed by atoms with E-state index in [0.29, 0.717) is 39.4 Å². The number of halogens is 2. The number of rotatable bonds is 8. The van der Waals surface area contributed by atoms with Crippen molar-refractivity contribution >= 4 is 21.8 Å². The second kappa shape index (κ2) is 11.0. The fourth-order valence-electron chi connectivity index (χ4n) is 4.32. The van der Waals surface area contributed by atoms with E-state index in [1.165, 1.54) is 31.6 Å². The summed E-state index contributed by atoms with van der Waals surface area (Å²) in [5.41, 5.74) is 2.20. The second-order valence-corrected chi connectivity index (χ2v) is 10.9. The van der Waals surface area contributed by atoms with Crippen molar-refractivity contribution in [2.24, 2.45) is 0 Å². The Balaban J connectivity index is 1.59. The van der Waals surface area contributed by atoms with E-state index in [1.807, 2.05) is 0 Å². The monoisotopic (exact) mass is 578 g/mol. The molecule has 0 aliphatic rings. The maximum absolute atomic E-state index is 14.4.